The topological polar surface area (TPSA) is 46.5 Å². The van der Waals surface area contributed by atoms with Crippen molar-refractivity contribution in [3.8, 4) is 16.9 Å². The fraction of sp³-hybridized carbons (Fsp3) is 0.208. The highest BCUT2D eigenvalue weighted by molar-refractivity contribution is 5.72. The Kier molecular flexibility index (Phi) is 6.09. The lowest BCUT2D eigenvalue weighted by atomic mass is 9.95. The van der Waals surface area contributed by atoms with Crippen LogP contribution in [0.15, 0.2) is 66.7 Å². The highest BCUT2D eigenvalue weighted by Gasteiger charge is 2.16. The minimum Gasteiger partial charge on any atom is -0.489 e. The van der Waals surface area contributed by atoms with Gasteiger partial charge in [-0.3, -0.25) is 0 Å². The van der Waals surface area contributed by atoms with Crippen molar-refractivity contribution < 1.29 is 19.0 Å². The Labute approximate surface area is 164 Å². The highest BCUT2D eigenvalue weighted by Crippen LogP contribution is 2.28. The number of ether oxygens (including phenoxy) is 1. The molecule has 1 atom stereocenters. The van der Waals surface area contributed by atoms with E-state index in [1.807, 2.05) is 12.1 Å². The first kappa shape index (κ1) is 19.6. The minimum absolute atomic E-state index is 0.145. The van der Waals surface area contributed by atoms with Crippen LogP contribution in [0.2, 0.25) is 0 Å². The summed E-state index contributed by atoms with van der Waals surface area (Å²) in [6.45, 7) is 4.64. The Hall–Kier alpha value is -3.14. The summed E-state index contributed by atoms with van der Waals surface area (Å²) in [6.07, 6.45) is -2.03. The molecule has 0 amide bonds. The van der Waals surface area contributed by atoms with Crippen LogP contribution in [0.25, 0.3) is 11.1 Å². The number of aryl methyl sites for hydroxylation is 2. The smallest absolute Gasteiger partial charge is 0.338 e. The Morgan fingerprint density at radius 1 is 0.964 bits per heavy atom. The Bertz CT molecular complexity index is 944. The lowest BCUT2D eigenvalue weighted by molar-refractivity contribution is -0.142. The standard InChI is InChI=1S/C24H23FO3/c1-16-5-3-6-17(2)23(16)20-8-4-7-19(13-20)15-28-21-11-9-18(10-12-21)14-22(25)24(26)27/h3-13,22H,14-15H2,1-2H3,(H,26,27). The third-order valence-electron chi connectivity index (χ3n) is 4.71. The van der Waals surface area contributed by atoms with Crippen LogP contribution >= 0.6 is 0 Å². The lowest BCUT2D eigenvalue weighted by Gasteiger charge is -2.12. The third-order valence-corrected chi connectivity index (χ3v) is 4.71. The first-order chi connectivity index (χ1) is 13.4. The molecule has 1 unspecified atom stereocenters. The van der Waals surface area contributed by atoms with Gasteiger partial charge in [0.15, 0.2) is 0 Å². The van der Waals surface area contributed by atoms with Gasteiger partial charge >= 0.3 is 5.97 Å². The van der Waals surface area contributed by atoms with Gasteiger partial charge in [-0.1, -0.05) is 48.5 Å². The fourth-order valence-corrected chi connectivity index (χ4v) is 3.27. The second-order valence-electron chi connectivity index (χ2n) is 6.91. The number of alkyl halides is 1. The number of hydrogen-bond acceptors (Lipinski definition) is 2. The number of carbonyl (C=O) groups is 1. The summed E-state index contributed by atoms with van der Waals surface area (Å²) >= 11 is 0. The monoisotopic (exact) mass is 378 g/mol. The number of carboxylic acids is 1. The van der Waals surface area contributed by atoms with Crippen molar-refractivity contribution in [1.82, 2.24) is 0 Å². The molecule has 0 spiro atoms. The van der Waals surface area contributed by atoms with Crippen molar-refractivity contribution in [2.24, 2.45) is 0 Å². The van der Waals surface area contributed by atoms with Crippen molar-refractivity contribution in [2.75, 3.05) is 0 Å². The van der Waals surface area contributed by atoms with Gasteiger partial charge in [0.2, 0.25) is 6.17 Å². The van der Waals surface area contributed by atoms with Crippen LogP contribution in [0.5, 0.6) is 5.75 Å². The van der Waals surface area contributed by atoms with E-state index in [0.29, 0.717) is 17.9 Å². The van der Waals surface area contributed by atoms with Crippen LogP contribution in [0.3, 0.4) is 0 Å². The molecular weight excluding hydrogens is 355 g/mol. The van der Waals surface area contributed by atoms with Crippen LogP contribution in [0.4, 0.5) is 4.39 Å². The van der Waals surface area contributed by atoms with Crippen LogP contribution in [-0.2, 0) is 17.8 Å². The summed E-state index contributed by atoms with van der Waals surface area (Å²) in [7, 11) is 0. The molecule has 3 nitrogen and oxygen atoms in total. The summed E-state index contributed by atoms with van der Waals surface area (Å²) in [5.74, 6) is -0.781. The van der Waals surface area contributed by atoms with E-state index < -0.39 is 12.1 Å². The molecule has 3 aromatic rings. The largest absolute Gasteiger partial charge is 0.489 e. The minimum atomic E-state index is -1.89. The molecular formula is C24H23FO3. The molecule has 0 saturated carbocycles. The van der Waals surface area contributed by atoms with E-state index in [1.165, 1.54) is 16.7 Å². The summed E-state index contributed by atoms with van der Waals surface area (Å²) in [6, 6.07) is 21.4. The van der Waals surface area contributed by atoms with Gasteiger partial charge in [-0.15, -0.1) is 0 Å². The molecule has 0 aliphatic heterocycles. The van der Waals surface area contributed by atoms with Crippen LogP contribution in [-0.4, -0.2) is 17.2 Å². The van der Waals surface area contributed by atoms with Crippen LogP contribution in [0, 0.1) is 13.8 Å². The average Bonchev–Trinajstić information content (AvgIpc) is 2.67. The van der Waals surface area contributed by atoms with Gasteiger partial charge < -0.3 is 9.84 Å². The molecule has 0 aromatic heterocycles. The highest BCUT2D eigenvalue weighted by atomic mass is 19.1. The maximum Gasteiger partial charge on any atom is 0.338 e. The summed E-state index contributed by atoms with van der Waals surface area (Å²) in [4.78, 5) is 10.6. The predicted molar refractivity (Wildman–Crippen MR) is 108 cm³/mol. The molecule has 0 bridgehead atoms. The quantitative estimate of drug-likeness (QED) is 0.589. The van der Waals surface area contributed by atoms with Gasteiger partial charge in [-0.2, -0.15) is 0 Å². The lowest BCUT2D eigenvalue weighted by Crippen LogP contribution is -2.17. The van der Waals surface area contributed by atoms with Gasteiger partial charge in [0.25, 0.3) is 0 Å². The van der Waals surface area contributed by atoms with Crippen molar-refractivity contribution in [1.29, 1.82) is 0 Å². The molecule has 0 aliphatic rings. The van der Waals surface area contributed by atoms with Crippen molar-refractivity contribution >= 4 is 5.97 Å². The molecule has 3 rings (SSSR count). The fourth-order valence-electron chi connectivity index (χ4n) is 3.27. The molecule has 144 valence electrons. The summed E-state index contributed by atoms with van der Waals surface area (Å²) in [5, 5.41) is 8.65. The maximum absolute atomic E-state index is 13.3. The molecule has 28 heavy (non-hydrogen) atoms. The molecule has 0 saturated heterocycles. The second kappa shape index (κ2) is 8.70. The zero-order valence-corrected chi connectivity index (χ0v) is 16.0. The maximum atomic E-state index is 13.3. The SMILES string of the molecule is Cc1cccc(C)c1-c1cccc(COc2ccc(CC(F)C(=O)O)cc2)c1. The first-order valence-electron chi connectivity index (χ1n) is 9.18. The molecule has 0 fully saturated rings. The zero-order valence-electron chi connectivity index (χ0n) is 16.0. The van der Waals surface area contributed by atoms with E-state index in [4.69, 9.17) is 9.84 Å². The number of rotatable bonds is 7. The molecule has 0 aliphatic carbocycles. The number of benzene rings is 3. The molecule has 0 heterocycles. The first-order valence-corrected chi connectivity index (χ1v) is 9.18. The molecule has 4 heteroatoms. The van der Waals surface area contributed by atoms with E-state index in [1.54, 1.807) is 24.3 Å². The van der Waals surface area contributed by atoms with Crippen LogP contribution < -0.4 is 4.74 Å². The predicted octanol–water partition coefficient (Wildman–Crippen LogP) is 5.51. The zero-order chi connectivity index (χ0) is 20.1. The number of halogens is 1. The van der Waals surface area contributed by atoms with Gasteiger partial charge in [0.1, 0.15) is 12.4 Å². The number of hydrogen-bond donors (Lipinski definition) is 1. The van der Waals surface area contributed by atoms with E-state index in [0.717, 1.165) is 11.1 Å². The van der Waals surface area contributed by atoms with Crippen molar-refractivity contribution in [3.63, 3.8) is 0 Å². The molecule has 0 radical (unpaired) electrons. The normalized spacial score (nSPS) is 11.8. The van der Waals surface area contributed by atoms with Crippen molar-refractivity contribution in [3.05, 3.63) is 89.0 Å². The van der Waals surface area contributed by atoms with E-state index in [2.05, 4.69) is 44.2 Å². The van der Waals surface area contributed by atoms with Gasteiger partial charge in [0, 0.05) is 6.42 Å². The number of carboxylic acid groups (broad SMARTS) is 1. The summed E-state index contributed by atoms with van der Waals surface area (Å²) < 4.78 is 19.1. The van der Waals surface area contributed by atoms with Gasteiger partial charge in [-0.05, 0) is 65.4 Å². The van der Waals surface area contributed by atoms with E-state index in [9.17, 15) is 9.18 Å². The Morgan fingerprint density at radius 2 is 1.61 bits per heavy atom. The van der Waals surface area contributed by atoms with Crippen molar-refractivity contribution in [2.45, 2.75) is 33.0 Å². The summed E-state index contributed by atoms with van der Waals surface area (Å²) in [5.41, 5.74) is 6.56. The molecule has 1 N–H and O–H groups in total. The molecule has 3 aromatic carbocycles. The Balaban J connectivity index is 1.68. The second-order valence-corrected chi connectivity index (χ2v) is 6.91. The number of aliphatic carboxylic acids is 1. The van der Waals surface area contributed by atoms with Gasteiger partial charge in [0.05, 0.1) is 0 Å². The van der Waals surface area contributed by atoms with Crippen LogP contribution in [0.1, 0.15) is 22.3 Å². The van der Waals surface area contributed by atoms with Gasteiger partial charge in [-0.25, -0.2) is 9.18 Å². The average molecular weight is 378 g/mol. The van der Waals surface area contributed by atoms with E-state index >= 15 is 0 Å². The Morgan fingerprint density at radius 3 is 2.25 bits per heavy atom. The van der Waals surface area contributed by atoms with E-state index in [-0.39, 0.29) is 6.42 Å². The third kappa shape index (κ3) is 4.77.